The minimum atomic E-state index is -0.825. The van der Waals surface area contributed by atoms with Gasteiger partial charge in [-0.3, -0.25) is 0 Å². The molecule has 0 aromatic carbocycles. The zero-order chi connectivity index (χ0) is 12.0. The summed E-state index contributed by atoms with van der Waals surface area (Å²) in [4.78, 5) is 10.8. The molecule has 0 spiro atoms. The summed E-state index contributed by atoms with van der Waals surface area (Å²) < 4.78 is 5.23. The van der Waals surface area contributed by atoms with Crippen LogP contribution in [0.15, 0.2) is 24.5 Å². The van der Waals surface area contributed by atoms with Crippen LogP contribution in [0.4, 0.5) is 0 Å². The van der Waals surface area contributed by atoms with Crippen LogP contribution < -0.4 is 0 Å². The van der Waals surface area contributed by atoms with Crippen molar-refractivity contribution >= 4 is 5.97 Å². The molecule has 0 saturated heterocycles. The quantitative estimate of drug-likeness (QED) is 0.577. The molecule has 0 bridgehead atoms. The molecule has 3 heteroatoms. The van der Waals surface area contributed by atoms with Crippen molar-refractivity contribution in [1.82, 2.24) is 0 Å². The zero-order valence-corrected chi connectivity index (χ0v) is 9.82. The van der Waals surface area contributed by atoms with Gasteiger partial charge in [0.1, 0.15) is 0 Å². The van der Waals surface area contributed by atoms with E-state index in [4.69, 9.17) is 9.84 Å². The molecule has 0 aromatic rings. The molecule has 1 rings (SSSR count). The lowest BCUT2D eigenvalue weighted by Gasteiger charge is -2.29. The molecule has 0 heterocycles. The maximum atomic E-state index is 10.8. The Kier molecular flexibility index (Phi) is 5.09. The van der Waals surface area contributed by atoms with Crippen molar-refractivity contribution in [2.75, 3.05) is 6.61 Å². The zero-order valence-electron chi connectivity index (χ0n) is 9.82. The summed E-state index contributed by atoms with van der Waals surface area (Å²) >= 11 is 0. The molecule has 0 aliphatic heterocycles. The van der Waals surface area contributed by atoms with E-state index in [1.165, 1.54) is 19.1 Å². The molecule has 16 heavy (non-hydrogen) atoms. The van der Waals surface area contributed by atoms with E-state index >= 15 is 0 Å². The van der Waals surface area contributed by atoms with Crippen molar-refractivity contribution in [3.63, 3.8) is 0 Å². The summed E-state index contributed by atoms with van der Waals surface area (Å²) in [6.45, 7) is 5.83. The van der Waals surface area contributed by atoms with E-state index in [0.29, 0.717) is 24.0 Å². The van der Waals surface area contributed by atoms with Crippen LogP contribution in [0.5, 0.6) is 0 Å². The second kappa shape index (κ2) is 6.36. The van der Waals surface area contributed by atoms with Gasteiger partial charge in [0, 0.05) is 5.57 Å². The van der Waals surface area contributed by atoms with Crippen molar-refractivity contribution in [1.29, 1.82) is 0 Å². The Morgan fingerprint density at radius 2 is 2.19 bits per heavy atom. The standard InChI is InChI=1S/C13H20O3/c1-3-16-9-12-7-5-4-6-11(12)8-10(2)13(14)15/h3,8,11-12H,1,4-7,9H2,2H3,(H,14,15). The highest BCUT2D eigenvalue weighted by Gasteiger charge is 2.24. The van der Waals surface area contributed by atoms with Gasteiger partial charge in [0.15, 0.2) is 0 Å². The van der Waals surface area contributed by atoms with Gasteiger partial charge in [-0.1, -0.05) is 25.5 Å². The van der Waals surface area contributed by atoms with Crippen LogP contribution in [-0.4, -0.2) is 17.7 Å². The molecule has 1 saturated carbocycles. The monoisotopic (exact) mass is 224 g/mol. The molecule has 90 valence electrons. The molecule has 2 unspecified atom stereocenters. The first-order chi connectivity index (χ1) is 7.65. The number of carboxylic acid groups (broad SMARTS) is 1. The van der Waals surface area contributed by atoms with Gasteiger partial charge in [-0.15, -0.1) is 0 Å². The summed E-state index contributed by atoms with van der Waals surface area (Å²) in [6, 6.07) is 0. The fourth-order valence-electron chi connectivity index (χ4n) is 2.25. The molecule has 1 aliphatic rings. The van der Waals surface area contributed by atoms with E-state index in [9.17, 15) is 4.79 Å². The Labute approximate surface area is 96.8 Å². The minimum absolute atomic E-state index is 0.338. The summed E-state index contributed by atoms with van der Waals surface area (Å²) in [5.74, 6) is -0.0557. The predicted molar refractivity (Wildman–Crippen MR) is 63.0 cm³/mol. The second-order valence-corrected chi connectivity index (χ2v) is 4.36. The number of hydrogen-bond acceptors (Lipinski definition) is 2. The van der Waals surface area contributed by atoms with Crippen molar-refractivity contribution in [3.05, 3.63) is 24.5 Å². The normalized spacial score (nSPS) is 26.2. The van der Waals surface area contributed by atoms with Gasteiger partial charge >= 0.3 is 5.97 Å². The largest absolute Gasteiger partial charge is 0.502 e. The van der Waals surface area contributed by atoms with E-state index in [1.54, 1.807) is 6.92 Å². The summed E-state index contributed by atoms with van der Waals surface area (Å²) in [5.41, 5.74) is 0.440. The Bertz CT molecular complexity index is 281. The first-order valence-electron chi connectivity index (χ1n) is 5.79. The maximum Gasteiger partial charge on any atom is 0.330 e. The van der Waals surface area contributed by atoms with Crippen LogP contribution in [0.3, 0.4) is 0 Å². The van der Waals surface area contributed by atoms with Gasteiger partial charge in [-0.2, -0.15) is 0 Å². The van der Waals surface area contributed by atoms with Crippen molar-refractivity contribution < 1.29 is 14.6 Å². The van der Waals surface area contributed by atoms with Crippen LogP contribution in [0, 0.1) is 11.8 Å². The Balaban J connectivity index is 2.62. The maximum absolute atomic E-state index is 10.8. The molecule has 0 amide bonds. The predicted octanol–water partition coefficient (Wildman–Crippen LogP) is 2.98. The average Bonchev–Trinajstić information content (AvgIpc) is 2.27. The van der Waals surface area contributed by atoms with Gasteiger partial charge in [0.2, 0.25) is 0 Å². The van der Waals surface area contributed by atoms with E-state index in [2.05, 4.69) is 6.58 Å². The Hall–Kier alpha value is -1.25. The molecular formula is C13H20O3. The number of hydrogen-bond donors (Lipinski definition) is 1. The van der Waals surface area contributed by atoms with E-state index in [1.807, 2.05) is 6.08 Å². The molecular weight excluding hydrogens is 204 g/mol. The summed E-state index contributed by atoms with van der Waals surface area (Å²) in [6.07, 6.45) is 7.91. The van der Waals surface area contributed by atoms with E-state index in [-0.39, 0.29) is 0 Å². The first kappa shape index (κ1) is 12.8. The lowest BCUT2D eigenvalue weighted by Crippen LogP contribution is -2.22. The molecule has 1 fully saturated rings. The van der Waals surface area contributed by atoms with Crippen LogP contribution >= 0.6 is 0 Å². The second-order valence-electron chi connectivity index (χ2n) is 4.36. The number of ether oxygens (including phenoxy) is 1. The highest BCUT2D eigenvalue weighted by molar-refractivity contribution is 5.85. The molecule has 0 radical (unpaired) electrons. The van der Waals surface area contributed by atoms with Crippen molar-refractivity contribution in [2.45, 2.75) is 32.6 Å². The third-order valence-corrected chi connectivity index (χ3v) is 3.20. The lowest BCUT2D eigenvalue weighted by atomic mass is 9.79. The fraction of sp³-hybridized carbons (Fsp3) is 0.615. The van der Waals surface area contributed by atoms with Gasteiger partial charge < -0.3 is 9.84 Å². The van der Waals surface area contributed by atoms with Crippen LogP contribution in [0.25, 0.3) is 0 Å². The highest BCUT2D eigenvalue weighted by Crippen LogP contribution is 2.32. The third kappa shape index (κ3) is 3.72. The van der Waals surface area contributed by atoms with Gasteiger partial charge in [0.25, 0.3) is 0 Å². The molecule has 3 nitrogen and oxygen atoms in total. The van der Waals surface area contributed by atoms with Crippen LogP contribution in [0.1, 0.15) is 32.6 Å². The molecule has 1 N–H and O–H groups in total. The summed E-state index contributed by atoms with van der Waals surface area (Å²) in [5, 5.41) is 8.86. The first-order valence-corrected chi connectivity index (χ1v) is 5.79. The Morgan fingerprint density at radius 1 is 1.50 bits per heavy atom. The summed E-state index contributed by atoms with van der Waals surface area (Å²) in [7, 11) is 0. The SMILES string of the molecule is C=COCC1CCCCC1C=C(C)C(=O)O. The van der Waals surface area contributed by atoms with Crippen molar-refractivity contribution in [3.8, 4) is 0 Å². The number of rotatable bonds is 5. The van der Waals surface area contributed by atoms with Crippen LogP contribution in [0.2, 0.25) is 0 Å². The number of carbonyl (C=O) groups is 1. The average molecular weight is 224 g/mol. The van der Waals surface area contributed by atoms with Gasteiger partial charge in [-0.25, -0.2) is 4.79 Å². The molecule has 0 aromatic heterocycles. The van der Waals surface area contributed by atoms with Gasteiger partial charge in [0.05, 0.1) is 12.9 Å². The third-order valence-electron chi connectivity index (χ3n) is 3.20. The highest BCUT2D eigenvalue weighted by atomic mass is 16.5. The van der Waals surface area contributed by atoms with E-state index in [0.717, 1.165) is 12.8 Å². The number of carboxylic acids is 1. The van der Waals surface area contributed by atoms with Crippen molar-refractivity contribution in [2.24, 2.45) is 11.8 Å². The molecule has 1 aliphatic carbocycles. The fourth-order valence-corrected chi connectivity index (χ4v) is 2.25. The number of allylic oxidation sites excluding steroid dienone is 1. The number of aliphatic carboxylic acids is 1. The Morgan fingerprint density at radius 3 is 2.81 bits per heavy atom. The minimum Gasteiger partial charge on any atom is -0.502 e. The van der Waals surface area contributed by atoms with E-state index < -0.39 is 5.97 Å². The smallest absolute Gasteiger partial charge is 0.330 e. The van der Waals surface area contributed by atoms with Gasteiger partial charge in [-0.05, 0) is 31.6 Å². The molecule has 2 atom stereocenters. The lowest BCUT2D eigenvalue weighted by molar-refractivity contribution is -0.132. The topological polar surface area (TPSA) is 46.5 Å². The van der Waals surface area contributed by atoms with Crippen LogP contribution in [-0.2, 0) is 9.53 Å².